The molecule has 0 bridgehead atoms. The summed E-state index contributed by atoms with van der Waals surface area (Å²) in [6.45, 7) is 4.60. The highest BCUT2D eigenvalue weighted by Gasteiger charge is 2.06. The van der Waals surface area contributed by atoms with Crippen LogP contribution in [0.15, 0.2) is 42.5 Å². The van der Waals surface area contributed by atoms with Crippen molar-refractivity contribution in [3.8, 4) is 5.75 Å². The molecule has 1 unspecified atom stereocenters. The van der Waals surface area contributed by atoms with Crippen molar-refractivity contribution in [2.75, 3.05) is 18.5 Å². The van der Waals surface area contributed by atoms with Crippen LogP contribution >= 0.6 is 0 Å². The molecule has 106 valence electrons. The van der Waals surface area contributed by atoms with Gasteiger partial charge >= 0.3 is 0 Å². The van der Waals surface area contributed by atoms with Gasteiger partial charge in [-0.3, -0.25) is 0 Å². The van der Waals surface area contributed by atoms with Crippen molar-refractivity contribution in [1.29, 1.82) is 0 Å². The van der Waals surface area contributed by atoms with Gasteiger partial charge in [0.05, 0.1) is 0 Å². The van der Waals surface area contributed by atoms with Gasteiger partial charge in [0.15, 0.2) is 0 Å². The molecule has 1 aromatic heterocycles. The molecule has 0 fully saturated rings. The molecule has 0 saturated carbocycles. The van der Waals surface area contributed by atoms with Crippen LogP contribution in [0.5, 0.6) is 5.75 Å². The highest BCUT2D eigenvalue weighted by atomic mass is 16.5. The molecule has 1 aromatic carbocycles. The molecule has 4 nitrogen and oxygen atoms in total. The maximum absolute atomic E-state index is 9.90. The summed E-state index contributed by atoms with van der Waals surface area (Å²) in [6.07, 6.45) is -0.585. The predicted octanol–water partition coefficient (Wildman–Crippen LogP) is 2.55. The third-order valence-electron chi connectivity index (χ3n) is 2.84. The SMILES string of the molecule is Cc1cccc(OCC(O)CNc2cccc(C)n2)c1. The number of ether oxygens (including phenoxy) is 1. The summed E-state index contributed by atoms with van der Waals surface area (Å²) in [5.74, 6) is 1.54. The molecule has 1 heterocycles. The number of pyridine rings is 1. The van der Waals surface area contributed by atoms with E-state index in [0.717, 1.165) is 22.8 Å². The second-order valence-corrected chi connectivity index (χ2v) is 4.83. The number of anilines is 1. The predicted molar refractivity (Wildman–Crippen MR) is 80.1 cm³/mol. The molecule has 2 rings (SSSR count). The van der Waals surface area contributed by atoms with Gasteiger partial charge in [0, 0.05) is 12.2 Å². The Kier molecular flexibility index (Phi) is 4.96. The molecule has 2 aromatic rings. The van der Waals surface area contributed by atoms with E-state index in [1.54, 1.807) is 0 Å². The first-order chi connectivity index (χ1) is 9.63. The van der Waals surface area contributed by atoms with Crippen LogP contribution in [0, 0.1) is 13.8 Å². The van der Waals surface area contributed by atoms with Crippen LogP contribution in [0.2, 0.25) is 0 Å². The zero-order valence-electron chi connectivity index (χ0n) is 11.8. The van der Waals surface area contributed by atoms with Gasteiger partial charge in [-0.15, -0.1) is 0 Å². The van der Waals surface area contributed by atoms with Crippen LogP contribution in [0.25, 0.3) is 0 Å². The zero-order valence-corrected chi connectivity index (χ0v) is 11.8. The van der Waals surface area contributed by atoms with Gasteiger partial charge < -0.3 is 15.2 Å². The van der Waals surface area contributed by atoms with E-state index in [1.807, 2.05) is 56.3 Å². The van der Waals surface area contributed by atoms with Crippen LogP contribution in [0.4, 0.5) is 5.82 Å². The summed E-state index contributed by atoms with van der Waals surface area (Å²) in [6, 6.07) is 13.5. The summed E-state index contributed by atoms with van der Waals surface area (Å²) < 4.78 is 5.55. The van der Waals surface area contributed by atoms with E-state index in [1.165, 1.54) is 0 Å². The number of benzene rings is 1. The van der Waals surface area contributed by atoms with Crippen LogP contribution < -0.4 is 10.1 Å². The lowest BCUT2D eigenvalue weighted by molar-refractivity contribution is 0.117. The number of aryl methyl sites for hydroxylation is 2. The Balaban J connectivity index is 1.77. The molecule has 4 heteroatoms. The van der Waals surface area contributed by atoms with Crippen molar-refractivity contribution in [1.82, 2.24) is 4.98 Å². The summed E-state index contributed by atoms with van der Waals surface area (Å²) in [4.78, 5) is 4.31. The first kappa shape index (κ1) is 14.3. The Hall–Kier alpha value is -2.07. The highest BCUT2D eigenvalue weighted by Crippen LogP contribution is 2.12. The fourth-order valence-electron chi connectivity index (χ4n) is 1.82. The van der Waals surface area contributed by atoms with Crippen molar-refractivity contribution >= 4 is 5.82 Å². The summed E-state index contributed by atoms with van der Waals surface area (Å²) in [5, 5.41) is 13.0. The number of nitrogens with zero attached hydrogens (tertiary/aromatic N) is 1. The topological polar surface area (TPSA) is 54.4 Å². The lowest BCUT2D eigenvalue weighted by Gasteiger charge is -2.14. The summed E-state index contributed by atoms with van der Waals surface area (Å²) in [5.41, 5.74) is 2.08. The molecule has 20 heavy (non-hydrogen) atoms. The second-order valence-electron chi connectivity index (χ2n) is 4.83. The van der Waals surface area contributed by atoms with E-state index in [4.69, 9.17) is 4.74 Å². The van der Waals surface area contributed by atoms with Crippen LogP contribution in [-0.4, -0.2) is 29.3 Å². The third kappa shape index (κ3) is 4.55. The standard InChI is InChI=1S/C16H20N2O2/c1-12-5-3-7-15(9-12)20-11-14(19)10-17-16-8-4-6-13(2)18-16/h3-9,14,19H,10-11H2,1-2H3,(H,17,18). The fraction of sp³-hybridized carbons (Fsp3) is 0.312. The van der Waals surface area contributed by atoms with E-state index in [9.17, 15) is 5.11 Å². The fourth-order valence-corrected chi connectivity index (χ4v) is 1.82. The highest BCUT2D eigenvalue weighted by molar-refractivity contribution is 5.35. The zero-order chi connectivity index (χ0) is 14.4. The maximum atomic E-state index is 9.90. The molecule has 0 aliphatic heterocycles. The molecule has 0 aliphatic carbocycles. The van der Waals surface area contributed by atoms with Crippen LogP contribution in [0.1, 0.15) is 11.3 Å². The number of nitrogens with one attached hydrogen (secondary N) is 1. The van der Waals surface area contributed by atoms with Crippen molar-refractivity contribution < 1.29 is 9.84 Å². The van der Waals surface area contributed by atoms with Gasteiger partial charge in [0.2, 0.25) is 0 Å². The number of aliphatic hydroxyl groups is 1. The normalized spacial score (nSPS) is 11.9. The van der Waals surface area contributed by atoms with E-state index < -0.39 is 6.10 Å². The molecule has 0 radical (unpaired) electrons. The molecule has 0 saturated heterocycles. The van der Waals surface area contributed by atoms with Gasteiger partial charge in [-0.05, 0) is 43.7 Å². The first-order valence-corrected chi connectivity index (χ1v) is 6.68. The van der Waals surface area contributed by atoms with Crippen LogP contribution in [0.3, 0.4) is 0 Å². The molecular weight excluding hydrogens is 252 g/mol. The van der Waals surface area contributed by atoms with Crippen molar-refractivity contribution in [3.05, 3.63) is 53.7 Å². The molecule has 0 aliphatic rings. The molecule has 1 atom stereocenters. The maximum Gasteiger partial charge on any atom is 0.126 e. The van der Waals surface area contributed by atoms with Gasteiger partial charge in [0.1, 0.15) is 24.3 Å². The Morgan fingerprint density at radius 1 is 1.20 bits per heavy atom. The Morgan fingerprint density at radius 2 is 2.00 bits per heavy atom. The average molecular weight is 272 g/mol. The van der Waals surface area contributed by atoms with Gasteiger partial charge in [0.25, 0.3) is 0 Å². The number of hydrogen-bond donors (Lipinski definition) is 2. The monoisotopic (exact) mass is 272 g/mol. The molecular formula is C16H20N2O2. The number of hydrogen-bond acceptors (Lipinski definition) is 4. The minimum Gasteiger partial charge on any atom is -0.491 e. The van der Waals surface area contributed by atoms with Gasteiger partial charge in [-0.1, -0.05) is 18.2 Å². The molecule has 0 spiro atoms. The Morgan fingerprint density at radius 3 is 2.75 bits per heavy atom. The minimum atomic E-state index is -0.585. The Bertz CT molecular complexity index is 508. The minimum absolute atomic E-state index is 0.252. The smallest absolute Gasteiger partial charge is 0.126 e. The largest absolute Gasteiger partial charge is 0.491 e. The van der Waals surface area contributed by atoms with Crippen molar-refractivity contribution in [2.24, 2.45) is 0 Å². The quantitative estimate of drug-likeness (QED) is 0.848. The van der Waals surface area contributed by atoms with Gasteiger partial charge in [-0.25, -0.2) is 4.98 Å². The van der Waals surface area contributed by atoms with E-state index in [0.29, 0.717) is 6.54 Å². The van der Waals surface area contributed by atoms with Crippen molar-refractivity contribution in [3.63, 3.8) is 0 Å². The average Bonchev–Trinajstić information content (AvgIpc) is 2.43. The Labute approximate surface area is 119 Å². The van der Waals surface area contributed by atoms with E-state index >= 15 is 0 Å². The lowest BCUT2D eigenvalue weighted by Crippen LogP contribution is -2.26. The van der Waals surface area contributed by atoms with E-state index in [-0.39, 0.29) is 6.61 Å². The van der Waals surface area contributed by atoms with Crippen LogP contribution in [-0.2, 0) is 0 Å². The summed E-state index contributed by atoms with van der Waals surface area (Å²) >= 11 is 0. The lowest BCUT2D eigenvalue weighted by atomic mass is 10.2. The third-order valence-corrected chi connectivity index (χ3v) is 2.84. The van der Waals surface area contributed by atoms with Gasteiger partial charge in [-0.2, -0.15) is 0 Å². The van der Waals surface area contributed by atoms with Crippen molar-refractivity contribution in [2.45, 2.75) is 20.0 Å². The summed E-state index contributed by atoms with van der Waals surface area (Å²) in [7, 11) is 0. The second kappa shape index (κ2) is 6.91. The molecule has 0 amide bonds. The van der Waals surface area contributed by atoms with E-state index in [2.05, 4.69) is 10.3 Å². The number of aliphatic hydroxyl groups excluding tert-OH is 1. The first-order valence-electron chi connectivity index (χ1n) is 6.68. The molecule has 2 N–H and O–H groups in total. The number of rotatable bonds is 6. The number of aromatic nitrogens is 1.